The average molecular weight is 281 g/mol. The molecule has 0 spiro atoms. The van der Waals surface area contributed by atoms with Gasteiger partial charge in [-0.3, -0.25) is 9.59 Å². The van der Waals surface area contributed by atoms with Crippen LogP contribution in [-0.4, -0.2) is 23.0 Å². The summed E-state index contributed by atoms with van der Waals surface area (Å²) in [5.74, 6) is -1.39. The highest BCUT2D eigenvalue weighted by Gasteiger charge is 2.30. The molecule has 1 aromatic rings. The van der Waals surface area contributed by atoms with E-state index in [2.05, 4.69) is 5.32 Å². The molecule has 19 heavy (non-hydrogen) atoms. The molecular formula is C14H19NO3S. The number of hydrogen-bond donors (Lipinski definition) is 2. The minimum Gasteiger partial charge on any atom is -0.481 e. The van der Waals surface area contributed by atoms with Crippen molar-refractivity contribution < 1.29 is 14.7 Å². The highest BCUT2D eigenvalue weighted by molar-refractivity contribution is 7.12. The number of carboxylic acids is 1. The number of rotatable bonds is 3. The van der Waals surface area contributed by atoms with Gasteiger partial charge in [-0.2, -0.15) is 0 Å². The van der Waals surface area contributed by atoms with Crippen LogP contribution in [0, 0.1) is 5.92 Å². The third-order valence-electron chi connectivity index (χ3n) is 3.64. The Morgan fingerprint density at radius 3 is 2.58 bits per heavy atom. The second-order valence-corrected chi connectivity index (χ2v) is 5.94. The lowest BCUT2D eigenvalue weighted by atomic mass is 9.87. The van der Waals surface area contributed by atoms with Crippen LogP contribution in [0.2, 0.25) is 0 Å². The molecule has 4 nitrogen and oxygen atoms in total. The smallest absolute Gasteiger partial charge is 0.308 e. The molecule has 5 heteroatoms. The van der Waals surface area contributed by atoms with E-state index in [0.717, 1.165) is 32.1 Å². The summed E-state index contributed by atoms with van der Waals surface area (Å²) in [6.45, 7) is 0. The minimum atomic E-state index is -0.793. The molecule has 0 radical (unpaired) electrons. The molecule has 0 aromatic carbocycles. The number of aliphatic carboxylic acids is 1. The van der Waals surface area contributed by atoms with Crippen LogP contribution in [-0.2, 0) is 4.79 Å². The molecule has 2 N–H and O–H groups in total. The molecule has 1 amide bonds. The van der Waals surface area contributed by atoms with Crippen LogP contribution >= 0.6 is 11.3 Å². The van der Waals surface area contributed by atoms with Gasteiger partial charge in [-0.1, -0.05) is 31.7 Å². The van der Waals surface area contributed by atoms with E-state index in [0.29, 0.717) is 11.3 Å². The van der Waals surface area contributed by atoms with E-state index in [9.17, 15) is 14.7 Å². The van der Waals surface area contributed by atoms with E-state index < -0.39 is 11.9 Å². The summed E-state index contributed by atoms with van der Waals surface area (Å²) < 4.78 is 0. The van der Waals surface area contributed by atoms with E-state index >= 15 is 0 Å². The topological polar surface area (TPSA) is 66.4 Å². The minimum absolute atomic E-state index is 0.146. The standard InChI is InChI=1S/C14H19NO3S/c16-13(12-8-5-9-19-12)15-11-7-4-2-1-3-6-10(11)14(17)18/h5,8-11H,1-4,6-7H2,(H,15,16)(H,17,18). The number of nitrogens with one attached hydrogen (secondary N) is 1. The van der Waals surface area contributed by atoms with E-state index in [1.54, 1.807) is 6.07 Å². The molecule has 1 aromatic heterocycles. The second-order valence-electron chi connectivity index (χ2n) is 4.99. The fourth-order valence-corrected chi connectivity index (χ4v) is 3.23. The zero-order chi connectivity index (χ0) is 13.7. The Hall–Kier alpha value is -1.36. The lowest BCUT2D eigenvalue weighted by molar-refractivity contribution is -0.143. The van der Waals surface area contributed by atoms with Crippen molar-refractivity contribution in [1.29, 1.82) is 0 Å². The highest BCUT2D eigenvalue weighted by atomic mass is 32.1. The molecule has 1 aliphatic rings. The summed E-state index contributed by atoms with van der Waals surface area (Å²) in [6.07, 6.45) is 5.55. The summed E-state index contributed by atoms with van der Waals surface area (Å²) in [7, 11) is 0. The van der Waals surface area contributed by atoms with E-state index in [-0.39, 0.29) is 11.9 Å². The highest BCUT2D eigenvalue weighted by Crippen LogP contribution is 2.24. The van der Waals surface area contributed by atoms with Gasteiger partial charge in [0.1, 0.15) is 0 Å². The Morgan fingerprint density at radius 2 is 1.95 bits per heavy atom. The van der Waals surface area contributed by atoms with Gasteiger partial charge >= 0.3 is 5.97 Å². The Bertz CT molecular complexity index is 430. The molecule has 0 aliphatic heterocycles. The van der Waals surface area contributed by atoms with Crippen LogP contribution < -0.4 is 5.32 Å². The lowest BCUT2D eigenvalue weighted by Gasteiger charge is -2.27. The van der Waals surface area contributed by atoms with Gasteiger partial charge in [0.15, 0.2) is 0 Å². The van der Waals surface area contributed by atoms with Crippen molar-refractivity contribution in [2.75, 3.05) is 0 Å². The van der Waals surface area contributed by atoms with Gasteiger partial charge in [-0.05, 0) is 24.3 Å². The molecule has 2 rings (SSSR count). The maximum Gasteiger partial charge on any atom is 0.308 e. The van der Waals surface area contributed by atoms with Crippen LogP contribution in [0.15, 0.2) is 17.5 Å². The fourth-order valence-electron chi connectivity index (χ4n) is 2.60. The molecule has 104 valence electrons. The Balaban J connectivity index is 2.04. The van der Waals surface area contributed by atoms with Gasteiger partial charge in [0.25, 0.3) is 5.91 Å². The Morgan fingerprint density at radius 1 is 1.21 bits per heavy atom. The van der Waals surface area contributed by atoms with Crippen molar-refractivity contribution in [1.82, 2.24) is 5.32 Å². The molecule has 1 heterocycles. The summed E-state index contributed by atoms with van der Waals surface area (Å²) in [6, 6.07) is 3.35. The molecule has 1 aliphatic carbocycles. The maximum absolute atomic E-state index is 12.0. The van der Waals surface area contributed by atoms with Gasteiger partial charge in [0, 0.05) is 6.04 Å². The summed E-state index contributed by atoms with van der Waals surface area (Å²) >= 11 is 1.38. The molecular weight excluding hydrogens is 262 g/mol. The van der Waals surface area contributed by atoms with Crippen LogP contribution in [0.3, 0.4) is 0 Å². The largest absolute Gasteiger partial charge is 0.481 e. The van der Waals surface area contributed by atoms with Crippen LogP contribution in [0.4, 0.5) is 0 Å². The zero-order valence-corrected chi connectivity index (χ0v) is 11.6. The first-order chi connectivity index (χ1) is 9.18. The summed E-state index contributed by atoms with van der Waals surface area (Å²) in [5, 5.41) is 14.1. The van der Waals surface area contributed by atoms with Crippen molar-refractivity contribution in [3.63, 3.8) is 0 Å². The van der Waals surface area contributed by atoms with Gasteiger partial charge in [0.05, 0.1) is 10.8 Å². The van der Waals surface area contributed by atoms with E-state index in [1.165, 1.54) is 11.3 Å². The van der Waals surface area contributed by atoms with Crippen molar-refractivity contribution >= 4 is 23.2 Å². The van der Waals surface area contributed by atoms with Crippen LogP contribution in [0.25, 0.3) is 0 Å². The monoisotopic (exact) mass is 281 g/mol. The third kappa shape index (κ3) is 3.80. The maximum atomic E-state index is 12.0. The number of amides is 1. The van der Waals surface area contributed by atoms with Crippen LogP contribution in [0.1, 0.15) is 48.2 Å². The number of carbonyl (C=O) groups excluding carboxylic acids is 1. The average Bonchev–Trinajstić information content (AvgIpc) is 2.85. The van der Waals surface area contributed by atoms with Gasteiger partial charge in [0.2, 0.25) is 0 Å². The number of thiophene rings is 1. The Labute approximate surface area is 116 Å². The van der Waals surface area contributed by atoms with Gasteiger partial charge in [-0.25, -0.2) is 0 Å². The molecule has 2 unspecified atom stereocenters. The predicted octanol–water partition coefficient (Wildman–Crippen LogP) is 2.90. The first-order valence-electron chi connectivity index (χ1n) is 6.75. The molecule has 0 bridgehead atoms. The van der Waals surface area contributed by atoms with Crippen molar-refractivity contribution in [3.05, 3.63) is 22.4 Å². The normalized spacial score (nSPS) is 24.2. The molecule has 0 saturated heterocycles. The van der Waals surface area contributed by atoms with Crippen molar-refractivity contribution in [3.8, 4) is 0 Å². The second kappa shape index (κ2) is 6.70. The first kappa shape index (κ1) is 14.1. The third-order valence-corrected chi connectivity index (χ3v) is 4.51. The van der Waals surface area contributed by atoms with Gasteiger partial charge < -0.3 is 10.4 Å². The Kier molecular flexibility index (Phi) is 4.96. The first-order valence-corrected chi connectivity index (χ1v) is 7.63. The van der Waals surface area contributed by atoms with Crippen LogP contribution in [0.5, 0.6) is 0 Å². The number of carboxylic acid groups (broad SMARTS) is 1. The quantitative estimate of drug-likeness (QED) is 0.895. The van der Waals surface area contributed by atoms with Gasteiger partial charge in [-0.15, -0.1) is 11.3 Å². The summed E-state index contributed by atoms with van der Waals surface area (Å²) in [4.78, 5) is 24.0. The molecule has 1 fully saturated rings. The SMILES string of the molecule is O=C(NC1CCCCCCC1C(=O)O)c1cccs1. The number of carbonyl (C=O) groups is 2. The van der Waals surface area contributed by atoms with Crippen molar-refractivity contribution in [2.24, 2.45) is 5.92 Å². The zero-order valence-electron chi connectivity index (χ0n) is 10.8. The fraction of sp³-hybridized carbons (Fsp3) is 0.571. The van der Waals surface area contributed by atoms with E-state index in [4.69, 9.17) is 0 Å². The molecule has 2 atom stereocenters. The lowest BCUT2D eigenvalue weighted by Crippen LogP contribution is -2.43. The predicted molar refractivity (Wildman–Crippen MR) is 74.4 cm³/mol. The van der Waals surface area contributed by atoms with Crippen molar-refractivity contribution in [2.45, 2.75) is 44.6 Å². The van der Waals surface area contributed by atoms with E-state index in [1.807, 2.05) is 11.4 Å². The number of hydrogen-bond acceptors (Lipinski definition) is 3. The molecule has 1 saturated carbocycles. The summed E-state index contributed by atoms with van der Waals surface area (Å²) in [5.41, 5.74) is 0.